The van der Waals surface area contributed by atoms with Crippen LogP contribution in [0, 0.1) is 0 Å². The van der Waals surface area contributed by atoms with Gasteiger partial charge < -0.3 is 5.11 Å². The van der Waals surface area contributed by atoms with Gasteiger partial charge in [0.2, 0.25) is 0 Å². The van der Waals surface area contributed by atoms with Gasteiger partial charge in [0.25, 0.3) is 5.91 Å². The quantitative estimate of drug-likeness (QED) is 0.612. The Labute approximate surface area is 160 Å². The molecule has 3 rings (SSSR count). The summed E-state index contributed by atoms with van der Waals surface area (Å²) in [5, 5.41) is 8.98. The Bertz CT molecular complexity index is 931. The first kappa shape index (κ1) is 18.1. The summed E-state index contributed by atoms with van der Waals surface area (Å²) in [5.74, 6) is -1.22. The number of thioether (sulfide) groups is 1. The molecule has 0 radical (unpaired) electrons. The Kier molecular flexibility index (Phi) is 5.35. The number of allylic oxidation sites excluding steroid dienone is 2. The summed E-state index contributed by atoms with van der Waals surface area (Å²) in [6.07, 6.45) is 3.81. The Hall–Kier alpha value is -2.70. The second-order valence-electron chi connectivity index (χ2n) is 5.67. The van der Waals surface area contributed by atoms with Crippen molar-refractivity contribution in [3.8, 4) is 0 Å². The van der Waals surface area contributed by atoms with Crippen molar-refractivity contribution in [1.82, 2.24) is 0 Å². The predicted molar refractivity (Wildman–Crippen MR) is 109 cm³/mol. The lowest BCUT2D eigenvalue weighted by molar-refractivity contribution is -0.113. The Morgan fingerprint density at radius 3 is 2.38 bits per heavy atom. The molecule has 0 aromatic heterocycles. The van der Waals surface area contributed by atoms with Crippen LogP contribution in [0.2, 0.25) is 0 Å². The molecule has 0 spiro atoms. The summed E-state index contributed by atoms with van der Waals surface area (Å²) in [4.78, 5) is 25.7. The van der Waals surface area contributed by atoms with E-state index >= 15 is 0 Å². The van der Waals surface area contributed by atoms with Gasteiger partial charge in [-0.1, -0.05) is 60.4 Å². The van der Waals surface area contributed by atoms with Crippen LogP contribution in [0.4, 0.5) is 5.69 Å². The molecule has 2 aromatic rings. The monoisotopic (exact) mass is 381 g/mol. The molecule has 1 aliphatic rings. The highest BCUT2D eigenvalue weighted by atomic mass is 32.2. The van der Waals surface area contributed by atoms with Crippen LogP contribution in [0.1, 0.15) is 22.8 Å². The fourth-order valence-electron chi connectivity index (χ4n) is 2.50. The van der Waals surface area contributed by atoms with Gasteiger partial charge >= 0.3 is 5.97 Å². The van der Waals surface area contributed by atoms with Crippen molar-refractivity contribution in [2.75, 3.05) is 4.90 Å². The van der Waals surface area contributed by atoms with E-state index in [-0.39, 0.29) is 11.5 Å². The second kappa shape index (κ2) is 7.68. The van der Waals surface area contributed by atoms with Crippen LogP contribution in [0.3, 0.4) is 0 Å². The zero-order valence-corrected chi connectivity index (χ0v) is 15.5. The number of carbonyl (C=O) groups is 2. The van der Waals surface area contributed by atoms with Crippen LogP contribution >= 0.6 is 24.0 Å². The molecule has 2 aromatic carbocycles. The number of nitrogens with zero attached hydrogens (tertiary/aromatic N) is 1. The molecular formula is C20H15NO3S2. The van der Waals surface area contributed by atoms with E-state index in [0.717, 1.165) is 11.1 Å². The molecule has 0 atom stereocenters. The van der Waals surface area contributed by atoms with Crippen LogP contribution < -0.4 is 4.90 Å². The molecule has 1 saturated heterocycles. The zero-order valence-electron chi connectivity index (χ0n) is 13.9. The van der Waals surface area contributed by atoms with Crippen LogP contribution in [-0.4, -0.2) is 21.3 Å². The van der Waals surface area contributed by atoms with E-state index in [1.165, 1.54) is 28.8 Å². The summed E-state index contributed by atoms with van der Waals surface area (Å²) >= 11 is 6.57. The third-order valence-electron chi connectivity index (χ3n) is 3.72. The zero-order chi connectivity index (χ0) is 18.7. The molecule has 4 nitrogen and oxygen atoms in total. The van der Waals surface area contributed by atoms with Gasteiger partial charge in [0.1, 0.15) is 0 Å². The summed E-state index contributed by atoms with van der Waals surface area (Å²) in [7, 11) is 0. The molecule has 1 amide bonds. The van der Waals surface area contributed by atoms with Crippen LogP contribution in [0.25, 0.3) is 6.08 Å². The van der Waals surface area contributed by atoms with Gasteiger partial charge in [0.05, 0.1) is 16.2 Å². The lowest BCUT2D eigenvalue weighted by atomic mass is 10.1. The molecule has 1 fully saturated rings. The van der Waals surface area contributed by atoms with E-state index < -0.39 is 5.97 Å². The Balaban J connectivity index is 1.84. The summed E-state index contributed by atoms with van der Waals surface area (Å²) in [5.41, 5.74) is 2.72. The van der Waals surface area contributed by atoms with Crippen molar-refractivity contribution in [3.05, 3.63) is 82.3 Å². The molecule has 26 heavy (non-hydrogen) atoms. The number of thiocarbonyl (C=S) groups is 1. The summed E-state index contributed by atoms with van der Waals surface area (Å²) in [6, 6.07) is 15.9. The van der Waals surface area contributed by atoms with E-state index in [0.29, 0.717) is 14.9 Å². The number of hydrogen-bond donors (Lipinski definition) is 1. The van der Waals surface area contributed by atoms with Crippen molar-refractivity contribution in [1.29, 1.82) is 0 Å². The standard InChI is InChI=1S/C20H15NO3S2/c1-13(11-14-5-3-2-4-6-14)12-17-18(22)21(20(25)26-17)16-9-7-15(8-10-16)19(23)24/h2-12H,1H3,(H,23,24)/b13-11+,17-12+. The van der Waals surface area contributed by atoms with Gasteiger partial charge in [-0.05, 0) is 48.4 Å². The molecular weight excluding hydrogens is 366 g/mol. The van der Waals surface area contributed by atoms with Gasteiger partial charge in [-0.2, -0.15) is 0 Å². The van der Waals surface area contributed by atoms with E-state index in [2.05, 4.69) is 0 Å². The number of rotatable bonds is 4. The SMILES string of the molecule is CC(=C\c1ccccc1)/C=C1/SC(=S)N(c2ccc(C(=O)O)cc2)C1=O. The summed E-state index contributed by atoms with van der Waals surface area (Å²) < 4.78 is 0.428. The number of carbonyl (C=O) groups excluding carboxylic acids is 1. The van der Waals surface area contributed by atoms with Crippen molar-refractivity contribution < 1.29 is 14.7 Å². The first-order chi connectivity index (χ1) is 12.5. The van der Waals surface area contributed by atoms with Gasteiger partial charge in [-0.3, -0.25) is 9.69 Å². The fourth-order valence-corrected chi connectivity index (χ4v) is 3.85. The Morgan fingerprint density at radius 1 is 1.12 bits per heavy atom. The van der Waals surface area contributed by atoms with Crippen molar-refractivity contribution >= 4 is 51.9 Å². The molecule has 0 unspecified atom stereocenters. The molecule has 0 saturated carbocycles. The third kappa shape index (κ3) is 3.92. The van der Waals surface area contributed by atoms with E-state index in [1.807, 2.05) is 49.4 Å². The Morgan fingerprint density at radius 2 is 1.77 bits per heavy atom. The van der Waals surface area contributed by atoms with Gasteiger partial charge in [0, 0.05) is 0 Å². The molecule has 1 N–H and O–H groups in total. The number of benzene rings is 2. The normalized spacial score (nSPS) is 16.4. The lowest BCUT2D eigenvalue weighted by Gasteiger charge is -2.14. The van der Waals surface area contributed by atoms with Crippen molar-refractivity contribution in [2.24, 2.45) is 0 Å². The van der Waals surface area contributed by atoms with E-state index in [1.54, 1.807) is 12.1 Å². The largest absolute Gasteiger partial charge is 0.478 e. The smallest absolute Gasteiger partial charge is 0.335 e. The molecule has 1 heterocycles. The van der Waals surface area contributed by atoms with Crippen molar-refractivity contribution in [2.45, 2.75) is 6.92 Å². The molecule has 1 aliphatic heterocycles. The van der Waals surface area contributed by atoms with Crippen LogP contribution in [0.15, 0.2) is 71.2 Å². The lowest BCUT2D eigenvalue weighted by Crippen LogP contribution is -2.27. The van der Waals surface area contributed by atoms with Crippen LogP contribution in [0.5, 0.6) is 0 Å². The molecule has 0 aliphatic carbocycles. The second-order valence-corrected chi connectivity index (χ2v) is 7.34. The highest BCUT2D eigenvalue weighted by molar-refractivity contribution is 8.27. The van der Waals surface area contributed by atoms with Crippen molar-refractivity contribution in [3.63, 3.8) is 0 Å². The number of amides is 1. The third-order valence-corrected chi connectivity index (χ3v) is 5.02. The maximum absolute atomic E-state index is 12.7. The van der Waals surface area contributed by atoms with E-state index in [9.17, 15) is 9.59 Å². The molecule has 6 heteroatoms. The number of carboxylic acids is 1. The molecule has 0 bridgehead atoms. The highest BCUT2D eigenvalue weighted by Crippen LogP contribution is 2.35. The maximum atomic E-state index is 12.7. The number of aromatic carboxylic acids is 1. The van der Waals surface area contributed by atoms with E-state index in [4.69, 9.17) is 17.3 Å². The minimum Gasteiger partial charge on any atom is -0.478 e. The van der Waals surface area contributed by atoms with Gasteiger partial charge in [-0.15, -0.1) is 0 Å². The first-order valence-electron chi connectivity index (χ1n) is 7.80. The minimum absolute atomic E-state index is 0.163. The predicted octanol–water partition coefficient (Wildman–Crippen LogP) is 4.74. The topological polar surface area (TPSA) is 57.6 Å². The maximum Gasteiger partial charge on any atom is 0.335 e. The average molecular weight is 381 g/mol. The molecule has 130 valence electrons. The fraction of sp³-hybridized carbons (Fsp3) is 0.0500. The number of hydrogen-bond acceptors (Lipinski definition) is 4. The number of carboxylic acid groups (broad SMARTS) is 1. The van der Waals surface area contributed by atoms with Gasteiger partial charge in [0.15, 0.2) is 4.32 Å². The number of anilines is 1. The summed E-state index contributed by atoms with van der Waals surface area (Å²) in [6.45, 7) is 1.93. The average Bonchev–Trinajstić information content (AvgIpc) is 2.89. The van der Waals surface area contributed by atoms with Crippen LogP contribution in [-0.2, 0) is 4.79 Å². The minimum atomic E-state index is -1.01. The highest BCUT2D eigenvalue weighted by Gasteiger charge is 2.33. The first-order valence-corrected chi connectivity index (χ1v) is 9.03. The van der Waals surface area contributed by atoms with Gasteiger partial charge in [-0.25, -0.2) is 4.79 Å².